The minimum Gasteiger partial charge on any atom is -0.449 e. The minimum absolute atomic E-state index is 0.0393. The van der Waals surface area contributed by atoms with E-state index in [1.54, 1.807) is 4.90 Å². The molecular weight excluding hydrogens is 462 g/mol. The van der Waals surface area contributed by atoms with Gasteiger partial charge in [-0.25, -0.2) is 13.2 Å². The van der Waals surface area contributed by atoms with Crippen molar-refractivity contribution in [1.29, 1.82) is 0 Å². The average Bonchev–Trinajstić information content (AvgIpc) is 2.79. The molecule has 0 aliphatic carbocycles. The van der Waals surface area contributed by atoms with Crippen molar-refractivity contribution in [2.75, 3.05) is 6.26 Å². The van der Waals surface area contributed by atoms with Crippen LogP contribution < -0.4 is 0 Å². The molecule has 6 nitrogen and oxygen atoms in total. The zero-order valence-corrected chi connectivity index (χ0v) is 19.8. The predicted molar refractivity (Wildman–Crippen MR) is 127 cm³/mol. The second-order valence-corrected chi connectivity index (χ2v) is 10.0. The molecule has 0 saturated heterocycles. The van der Waals surface area contributed by atoms with Crippen molar-refractivity contribution in [2.24, 2.45) is 0 Å². The monoisotopic (exact) mass is 485 g/mol. The summed E-state index contributed by atoms with van der Waals surface area (Å²) in [6.07, 6.45) is -0.0781. The number of amides is 1. The summed E-state index contributed by atoms with van der Waals surface area (Å²) in [5.41, 5.74) is 1.75. The van der Waals surface area contributed by atoms with E-state index in [4.69, 9.17) is 16.3 Å². The molecule has 0 unspecified atom stereocenters. The maximum Gasteiger partial charge on any atom is 0.340 e. The van der Waals surface area contributed by atoms with Gasteiger partial charge in [-0.05, 0) is 36.2 Å². The Balaban J connectivity index is 1.80. The highest BCUT2D eigenvalue weighted by Gasteiger charge is 2.26. The highest BCUT2D eigenvalue weighted by Crippen LogP contribution is 2.22. The summed E-state index contributed by atoms with van der Waals surface area (Å²) >= 11 is 6.09. The van der Waals surface area contributed by atoms with Gasteiger partial charge in [-0.3, -0.25) is 4.79 Å². The van der Waals surface area contributed by atoms with E-state index < -0.39 is 21.9 Å². The number of carbonyl (C=O) groups excluding carboxylic acids is 2. The third-order valence-electron chi connectivity index (χ3n) is 4.96. The summed E-state index contributed by atoms with van der Waals surface area (Å²) < 4.78 is 29.1. The topological polar surface area (TPSA) is 80.8 Å². The van der Waals surface area contributed by atoms with E-state index in [0.717, 1.165) is 23.4 Å². The fourth-order valence-corrected chi connectivity index (χ4v) is 4.08. The highest BCUT2D eigenvalue weighted by atomic mass is 35.5. The summed E-state index contributed by atoms with van der Waals surface area (Å²) in [7, 11) is -3.54. The van der Waals surface area contributed by atoms with E-state index in [9.17, 15) is 18.0 Å². The Morgan fingerprint density at radius 2 is 1.42 bits per heavy atom. The van der Waals surface area contributed by atoms with Crippen molar-refractivity contribution in [3.05, 3.63) is 101 Å². The molecule has 0 heterocycles. The first kappa shape index (κ1) is 24.5. The summed E-state index contributed by atoms with van der Waals surface area (Å²) in [4.78, 5) is 27.5. The van der Waals surface area contributed by atoms with Gasteiger partial charge in [0.1, 0.15) is 0 Å². The first-order valence-electron chi connectivity index (χ1n) is 10.2. The first-order chi connectivity index (χ1) is 15.6. The van der Waals surface area contributed by atoms with Crippen LogP contribution in [0.3, 0.4) is 0 Å². The van der Waals surface area contributed by atoms with Crippen LogP contribution in [-0.4, -0.2) is 37.6 Å². The zero-order valence-electron chi connectivity index (χ0n) is 18.3. The van der Waals surface area contributed by atoms with Crippen LogP contribution >= 0.6 is 11.6 Å². The fraction of sp³-hybridized carbons (Fsp3) is 0.200. The Morgan fingerprint density at radius 1 is 0.909 bits per heavy atom. The molecule has 3 rings (SSSR count). The summed E-state index contributed by atoms with van der Waals surface area (Å²) in [6, 6.07) is 22.8. The summed E-state index contributed by atoms with van der Waals surface area (Å²) in [6.45, 7) is 2.15. The molecule has 0 saturated carbocycles. The number of ether oxygens (including phenoxy) is 1. The quantitative estimate of drug-likeness (QED) is 0.438. The lowest BCUT2D eigenvalue weighted by Gasteiger charge is -2.26. The van der Waals surface area contributed by atoms with Crippen molar-refractivity contribution < 1.29 is 22.7 Å². The van der Waals surface area contributed by atoms with E-state index in [0.29, 0.717) is 13.1 Å². The van der Waals surface area contributed by atoms with Gasteiger partial charge in [0.05, 0.1) is 15.5 Å². The van der Waals surface area contributed by atoms with Gasteiger partial charge in [-0.2, -0.15) is 0 Å². The van der Waals surface area contributed by atoms with Crippen LogP contribution in [-0.2, 0) is 32.5 Å². The molecule has 0 N–H and O–H groups in total. The Labute approximate surface area is 198 Å². The lowest BCUT2D eigenvalue weighted by molar-refractivity contribution is -0.141. The van der Waals surface area contributed by atoms with Gasteiger partial charge >= 0.3 is 5.97 Å². The van der Waals surface area contributed by atoms with Crippen LogP contribution in [0.2, 0.25) is 5.02 Å². The van der Waals surface area contributed by atoms with E-state index in [1.165, 1.54) is 19.1 Å². The van der Waals surface area contributed by atoms with Gasteiger partial charge < -0.3 is 9.64 Å². The maximum atomic E-state index is 13.2. The van der Waals surface area contributed by atoms with Crippen molar-refractivity contribution in [1.82, 2.24) is 4.90 Å². The van der Waals surface area contributed by atoms with Gasteiger partial charge in [0.25, 0.3) is 5.91 Å². The van der Waals surface area contributed by atoms with Gasteiger partial charge in [-0.15, -0.1) is 0 Å². The van der Waals surface area contributed by atoms with Gasteiger partial charge in [0.15, 0.2) is 15.9 Å². The van der Waals surface area contributed by atoms with Crippen molar-refractivity contribution >= 4 is 33.3 Å². The summed E-state index contributed by atoms with van der Waals surface area (Å²) in [5, 5.41) is 0.0393. The molecule has 0 aliphatic heterocycles. The number of hydrogen-bond acceptors (Lipinski definition) is 5. The predicted octanol–water partition coefficient (Wildman–Crippen LogP) is 4.52. The van der Waals surface area contributed by atoms with Crippen LogP contribution in [0, 0.1) is 0 Å². The minimum atomic E-state index is -3.54. The van der Waals surface area contributed by atoms with E-state index >= 15 is 0 Å². The smallest absolute Gasteiger partial charge is 0.340 e. The number of hydrogen-bond donors (Lipinski definition) is 0. The molecule has 0 fully saturated rings. The molecule has 33 heavy (non-hydrogen) atoms. The first-order valence-corrected chi connectivity index (χ1v) is 12.5. The fourth-order valence-electron chi connectivity index (χ4n) is 3.24. The second-order valence-electron chi connectivity index (χ2n) is 7.63. The molecule has 172 valence electrons. The van der Waals surface area contributed by atoms with Crippen molar-refractivity contribution in [2.45, 2.75) is 31.0 Å². The average molecular weight is 486 g/mol. The molecular formula is C25H24ClNO5S. The molecule has 0 aliphatic rings. The Morgan fingerprint density at radius 3 is 1.91 bits per heavy atom. The molecule has 3 aromatic rings. The lowest BCUT2D eigenvalue weighted by atomic mass is 10.1. The molecule has 8 heteroatoms. The molecule has 1 amide bonds. The lowest BCUT2D eigenvalue weighted by Crippen LogP contribution is -2.39. The van der Waals surface area contributed by atoms with Crippen LogP contribution in [0.15, 0.2) is 83.8 Å². The van der Waals surface area contributed by atoms with E-state index in [-0.39, 0.29) is 21.4 Å². The molecule has 0 radical (unpaired) electrons. The normalized spacial score (nSPS) is 12.1. The third kappa shape index (κ3) is 6.66. The van der Waals surface area contributed by atoms with Crippen LogP contribution in [0.25, 0.3) is 0 Å². The number of carbonyl (C=O) groups is 2. The SMILES string of the molecule is C[C@@H](OC(=O)c1cc(S(C)(=O)=O)ccc1Cl)C(=O)N(Cc1ccccc1)Cc1ccccc1. The van der Waals surface area contributed by atoms with Crippen molar-refractivity contribution in [3.63, 3.8) is 0 Å². The van der Waals surface area contributed by atoms with Gasteiger partial charge in [-0.1, -0.05) is 72.3 Å². The van der Waals surface area contributed by atoms with E-state index in [2.05, 4.69) is 0 Å². The largest absolute Gasteiger partial charge is 0.449 e. The molecule has 1 atom stereocenters. The number of sulfone groups is 1. The molecule has 0 spiro atoms. The number of rotatable bonds is 8. The molecule has 0 aromatic heterocycles. The van der Waals surface area contributed by atoms with Crippen LogP contribution in [0.1, 0.15) is 28.4 Å². The van der Waals surface area contributed by atoms with Gasteiger partial charge in [0, 0.05) is 19.3 Å². The second kappa shape index (κ2) is 10.6. The number of nitrogens with zero attached hydrogens (tertiary/aromatic N) is 1. The van der Waals surface area contributed by atoms with Crippen molar-refractivity contribution in [3.8, 4) is 0 Å². The Kier molecular flexibility index (Phi) is 7.89. The Bertz CT molecular complexity index is 1190. The zero-order chi connectivity index (χ0) is 24.0. The highest BCUT2D eigenvalue weighted by molar-refractivity contribution is 7.90. The maximum absolute atomic E-state index is 13.2. The van der Waals surface area contributed by atoms with Gasteiger partial charge in [0.2, 0.25) is 0 Å². The summed E-state index contributed by atoms with van der Waals surface area (Å²) in [5.74, 6) is -1.25. The number of esters is 1. The van der Waals surface area contributed by atoms with Crippen LogP contribution in [0.4, 0.5) is 0 Å². The third-order valence-corrected chi connectivity index (χ3v) is 6.40. The van der Waals surface area contributed by atoms with E-state index in [1.807, 2.05) is 60.7 Å². The Hall–Kier alpha value is -3.16. The van der Waals surface area contributed by atoms with Crippen LogP contribution in [0.5, 0.6) is 0 Å². The number of halogens is 1. The standard InChI is InChI=1S/C25H24ClNO5S/c1-18(32-25(29)22-15-21(33(2,30)31)13-14-23(22)26)24(28)27(16-19-9-5-3-6-10-19)17-20-11-7-4-8-12-20/h3-15,18H,16-17H2,1-2H3/t18-/m1/s1. The molecule has 0 bridgehead atoms. The molecule has 3 aromatic carbocycles. The number of benzene rings is 3.